The van der Waals surface area contributed by atoms with Gasteiger partial charge in [0.05, 0.1) is 20.3 Å². The van der Waals surface area contributed by atoms with Crippen LogP contribution in [0.5, 0.6) is 5.75 Å². The molecule has 1 aromatic rings. The van der Waals surface area contributed by atoms with Gasteiger partial charge in [-0.2, -0.15) is 0 Å². The summed E-state index contributed by atoms with van der Waals surface area (Å²) in [6.45, 7) is 3.89. The maximum Gasteiger partial charge on any atom is 0.328 e. The van der Waals surface area contributed by atoms with Gasteiger partial charge in [0.1, 0.15) is 11.8 Å². The molecule has 1 fully saturated rings. The summed E-state index contributed by atoms with van der Waals surface area (Å²) in [7, 11) is 2.98. The Hall–Kier alpha value is -2.04. The fraction of sp³-hybridized carbons (Fsp3) is 0.500. The highest BCUT2D eigenvalue weighted by atomic mass is 16.5. The van der Waals surface area contributed by atoms with E-state index in [4.69, 9.17) is 9.47 Å². The van der Waals surface area contributed by atoms with Gasteiger partial charge in [0.2, 0.25) is 5.91 Å². The standard InChI is InChI=1S/C16H21NO4/c1-10-9-12(5-7-14(10)20-3)11(2)17-13(16(19)21-4)6-8-15(17)18/h5,7,9,11,13H,6,8H2,1-4H3. The molecule has 0 aliphatic carbocycles. The zero-order chi connectivity index (χ0) is 15.6. The van der Waals surface area contributed by atoms with Gasteiger partial charge in [-0.25, -0.2) is 4.79 Å². The minimum absolute atomic E-state index is 0.00799. The summed E-state index contributed by atoms with van der Waals surface area (Å²) in [5.74, 6) is 0.451. The Morgan fingerprint density at radius 2 is 2.10 bits per heavy atom. The van der Waals surface area contributed by atoms with E-state index in [0.717, 1.165) is 16.9 Å². The Morgan fingerprint density at radius 1 is 1.38 bits per heavy atom. The molecule has 1 amide bonds. The fourth-order valence-electron chi connectivity index (χ4n) is 2.88. The Labute approximate surface area is 124 Å². The molecule has 5 heteroatoms. The highest BCUT2D eigenvalue weighted by molar-refractivity contribution is 5.88. The third-order valence-corrected chi connectivity index (χ3v) is 4.05. The number of methoxy groups -OCH3 is 2. The van der Waals surface area contributed by atoms with Crippen molar-refractivity contribution in [3.8, 4) is 5.75 Å². The van der Waals surface area contributed by atoms with Crippen molar-refractivity contribution in [3.63, 3.8) is 0 Å². The average Bonchev–Trinajstić information content (AvgIpc) is 2.87. The molecule has 114 valence electrons. The predicted molar refractivity (Wildman–Crippen MR) is 78.0 cm³/mol. The lowest BCUT2D eigenvalue weighted by molar-refractivity contribution is -0.150. The molecule has 5 nitrogen and oxygen atoms in total. The van der Waals surface area contributed by atoms with Crippen LogP contribution in [0.4, 0.5) is 0 Å². The maximum absolute atomic E-state index is 12.1. The van der Waals surface area contributed by atoms with E-state index in [1.807, 2.05) is 32.0 Å². The van der Waals surface area contributed by atoms with Crippen molar-refractivity contribution in [2.75, 3.05) is 14.2 Å². The number of likely N-dealkylation sites (tertiary alicyclic amines) is 1. The topological polar surface area (TPSA) is 55.8 Å². The van der Waals surface area contributed by atoms with Crippen LogP contribution in [-0.2, 0) is 14.3 Å². The van der Waals surface area contributed by atoms with E-state index in [2.05, 4.69) is 0 Å². The van der Waals surface area contributed by atoms with E-state index in [-0.39, 0.29) is 17.9 Å². The van der Waals surface area contributed by atoms with Crippen molar-refractivity contribution in [2.24, 2.45) is 0 Å². The van der Waals surface area contributed by atoms with Crippen LogP contribution in [0, 0.1) is 6.92 Å². The summed E-state index contributed by atoms with van der Waals surface area (Å²) < 4.78 is 10.1. The number of amides is 1. The smallest absolute Gasteiger partial charge is 0.328 e. The summed E-state index contributed by atoms with van der Waals surface area (Å²) in [4.78, 5) is 25.6. The van der Waals surface area contributed by atoms with Crippen LogP contribution < -0.4 is 4.74 Å². The number of carbonyl (C=O) groups is 2. The summed E-state index contributed by atoms with van der Waals surface area (Å²) in [5.41, 5.74) is 1.99. The number of hydrogen-bond donors (Lipinski definition) is 0. The summed E-state index contributed by atoms with van der Waals surface area (Å²) in [6.07, 6.45) is 0.907. The zero-order valence-electron chi connectivity index (χ0n) is 12.9. The first-order chi connectivity index (χ1) is 9.99. The Balaban J connectivity index is 2.28. The van der Waals surface area contributed by atoms with E-state index in [1.54, 1.807) is 12.0 Å². The van der Waals surface area contributed by atoms with Crippen molar-refractivity contribution in [3.05, 3.63) is 29.3 Å². The lowest BCUT2D eigenvalue weighted by atomic mass is 10.0. The van der Waals surface area contributed by atoms with E-state index in [9.17, 15) is 9.59 Å². The van der Waals surface area contributed by atoms with Crippen molar-refractivity contribution < 1.29 is 19.1 Å². The number of esters is 1. The fourth-order valence-corrected chi connectivity index (χ4v) is 2.88. The summed E-state index contributed by atoms with van der Waals surface area (Å²) >= 11 is 0. The first-order valence-corrected chi connectivity index (χ1v) is 7.03. The van der Waals surface area contributed by atoms with E-state index in [0.29, 0.717) is 12.8 Å². The molecule has 0 saturated carbocycles. The minimum Gasteiger partial charge on any atom is -0.496 e. The minimum atomic E-state index is -0.486. The van der Waals surface area contributed by atoms with Crippen molar-refractivity contribution in [1.29, 1.82) is 0 Å². The summed E-state index contributed by atoms with van der Waals surface area (Å²) in [6, 6.07) is 5.14. The van der Waals surface area contributed by atoms with Crippen molar-refractivity contribution in [2.45, 2.75) is 38.8 Å². The number of benzene rings is 1. The molecule has 0 spiro atoms. The average molecular weight is 291 g/mol. The molecule has 2 atom stereocenters. The Morgan fingerprint density at radius 3 is 2.67 bits per heavy atom. The molecule has 1 aliphatic heterocycles. The number of hydrogen-bond acceptors (Lipinski definition) is 4. The van der Waals surface area contributed by atoms with Crippen LogP contribution in [0.3, 0.4) is 0 Å². The number of ether oxygens (including phenoxy) is 2. The van der Waals surface area contributed by atoms with Gasteiger partial charge in [-0.05, 0) is 37.5 Å². The molecular formula is C16H21NO4. The van der Waals surface area contributed by atoms with Gasteiger partial charge in [-0.1, -0.05) is 12.1 Å². The summed E-state index contributed by atoms with van der Waals surface area (Å²) in [5, 5.41) is 0. The quantitative estimate of drug-likeness (QED) is 0.798. The second-order valence-electron chi connectivity index (χ2n) is 5.28. The van der Waals surface area contributed by atoms with E-state index < -0.39 is 6.04 Å². The lowest BCUT2D eigenvalue weighted by Gasteiger charge is -2.30. The first-order valence-electron chi connectivity index (χ1n) is 7.03. The molecule has 2 unspecified atom stereocenters. The van der Waals surface area contributed by atoms with Crippen LogP contribution in [0.1, 0.15) is 36.9 Å². The zero-order valence-corrected chi connectivity index (χ0v) is 12.9. The van der Waals surface area contributed by atoms with Crippen molar-refractivity contribution in [1.82, 2.24) is 4.90 Å². The normalized spacial score (nSPS) is 19.5. The molecular weight excluding hydrogens is 270 g/mol. The van der Waals surface area contributed by atoms with Gasteiger partial charge >= 0.3 is 5.97 Å². The highest BCUT2D eigenvalue weighted by Gasteiger charge is 2.39. The molecule has 0 aromatic heterocycles. The van der Waals surface area contributed by atoms with Crippen LogP contribution in [-0.4, -0.2) is 37.0 Å². The molecule has 0 radical (unpaired) electrons. The largest absolute Gasteiger partial charge is 0.496 e. The second kappa shape index (κ2) is 6.16. The van der Waals surface area contributed by atoms with E-state index in [1.165, 1.54) is 7.11 Å². The van der Waals surface area contributed by atoms with Crippen LogP contribution in [0.2, 0.25) is 0 Å². The van der Waals surface area contributed by atoms with Gasteiger partial charge < -0.3 is 14.4 Å². The molecule has 1 aromatic carbocycles. The lowest BCUT2D eigenvalue weighted by Crippen LogP contribution is -2.40. The van der Waals surface area contributed by atoms with Crippen LogP contribution in [0.25, 0.3) is 0 Å². The second-order valence-corrected chi connectivity index (χ2v) is 5.28. The predicted octanol–water partition coefficient (Wildman–Crippen LogP) is 2.23. The van der Waals surface area contributed by atoms with Crippen LogP contribution in [0.15, 0.2) is 18.2 Å². The number of nitrogens with zero attached hydrogens (tertiary/aromatic N) is 1. The van der Waals surface area contributed by atoms with Gasteiger partial charge in [-0.15, -0.1) is 0 Å². The van der Waals surface area contributed by atoms with Crippen LogP contribution >= 0.6 is 0 Å². The van der Waals surface area contributed by atoms with Gasteiger partial charge in [-0.3, -0.25) is 4.79 Å². The molecule has 1 saturated heterocycles. The third kappa shape index (κ3) is 2.86. The Bertz CT molecular complexity index is 555. The first kappa shape index (κ1) is 15.4. The SMILES string of the molecule is COC(=O)C1CCC(=O)N1C(C)c1ccc(OC)c(C)c1. The van der Waals surface area contributed by atoms with Gasteiger partial charge in [0.15, 0.2) is 0 Å². The maximum atomic E-state index is 12.1. The van der Waals surface area contributed by atoms with Crippen molar-refractivity contribution >= 4 is 11.9 Å². The molecule has 1 aliphatic rings. The third-order valence-electron chi connectivity index (χ3n) is 4.05. The number of carbonyl (C=O) groups excluding carboxylic acids is 2. The molecule has 0 bridgehead atoms. The molecule has 0 N–H and O–H groups in total. The van der Waals surface area contributed by atoms with Gasteiger partial charge in [0.25, 0.3) is 0 Å². The molecule has 1 heterocycles. The Kier molecular flexibility index (Phi) is 4.50. The van der Waals surface area contributed by atoms with E-state index >= 15 is 0 Å². The highest BCUT2D eigenvalue weighted by Crippen LogP contribution is 2.32. The number of rotatable bonds is 4. The monoisotopic (exact) mass is 291 g/mol. The number of aryl methyl sites for hydroxylation is 1. The van der Waals surface area contributed by atoms with Gasteiger partial charge in [0, 0.05) is 6.42 Å². The molecule has 2 rings (SSSR count). The molecule has 21 heavy (non-hydrogen) atoms.